The summed E-state index contributed by atoms with van der Waals surface area (Å²) in [7, 11) is 0. The molecule has 2 N–H and O–H groups in total. The highest BCUT2D eigenvalue weighted by Gasteiger charge is 2.19. The van der Waals surface area contributed by atoms with Crippen LogP contribution in [0.3, 0.4) is 0 Å². The lowest BCUT2D eigenvalue weighted by molar-refractivity contribution is 0.539. The first-order chi connectivity index (χ1) is 8.59. The maximum atomic E-state index is 13.8. The fourth-order valence-electron chi connectivity index (χ4n) is 2.06. The summed E-state index contributed by atoms with van der Waals surface area (Å²) < 4.78 is 13.8. The largest absolute Gasteiger partial charge is 0.323 e. The van der Waals surface area contributed by atoms with E-state index >= 15 is 0 Å². The van der Waals surface area contributed by atoms with Crippen LogP contribution < -0.4 is 5.73 Å². The molecule has 0 saturated carbocycles. The number of benzene rings is 1. The molecule has 0 aliphatic carbocycles. The molecule has 0 amide bonds. The van der Waals surface area contributed by atoms with Crippen molar-refractivity contribution >= 4 is 0 Å². The van der Waals surface area contributed by atoms with E-state index in [-0.39, 0.29) is 17.8 Å². The molecule has 2 atom stereocenters. The van der Waals surface area contributed by atoms with Gasteiger partial charge in [0.15, 0.2) is 0 Å². The minimum Gasteiger partial charge on any atom is -0.323 e. The van der Waals surface area contributed by atoms with E-state index in [0.29, 0.717) is 5.56 Å². The summed E-state index contributed by atoms with van der Waals surface area (Å²) >= 11 is 0. The van der Waals surface area contributed by atoms with Gasteiger partial charge in [-0.15, -0.1) is 0 Å². The summed E-state index contributed by atoms with van der Waals surface area (Å²) in [6.45, 7) is 3.94. The predicted molar refractivity (Wildman–Crippen MR) is 70.7 cm³/mol. The van der Waals surface area contributed by atoms with Gasteiger partial charge in [-0.1, -0.05) is 24.6 Å². The molecule has 2 nitrogen and oxygen atoms in total. The van der Waals surface area contributed by atoms with Crippen molar-refractivity contribution < 1.29 is 4.39 Å². The van der Waals surface area contributed by atoms with Crippen molar-refractivity contribution in [2.75, 3.05) is 0 Å². The van der Waals surface area contributed by atoms with Gasteiger partial charge in [0.1, 0.15) is 5.82 Å². The third kappa shape index (κ3) is 2.57. The molecule has 0 spiro atoms. The Morgan fingerprint density at radius 1 is 1.17 bits per heavy atom. The van der Waals surface area contributed by atoms with E-state index in [2.05, 4.69) is 4.98 Å². The first-order valence-electron chi connectivity index (χ1n) is 6.01. The average Bonchev–Trinajstić information content (AvgIpc) is 2.41. The fraction of sp³-hybridized carbons (Fsp3) is 0.267. The quantitative estimate of drug-likeness (QED) is 0.899. The minimum atomic E-state index is -0.354. The number of aryl methyl sites for hydroxylation is 1. The van der Waals surface area contributed by atoms with Crippen molar-refractivity contribution in [3.05, 3.63) is 65.2 Å². The highest BCUT2D eigenvalue weighted by atomic mass is 19.1. The number of halogens is 1. The summed E-state index contributed by atoms with van der Waals surface area (Å²) in [5, 5.41) is 0. The van der Waals surface area contributed by atoms with Crippen LogP contribution in [-0.2, 0) is 0 Å². The Morgan fingerprint density at radius 3 is 2.50 bits per heavy atom. The van der Waals surface area contributed by atoms with Gasteiger partial charge in [0.05, 0.1) is 0 Å². The van der Waals surface area contributed by atoms with E-state index in [9.17, 15) is 4.39 Å². The third-order valence-corrected chi connectivity index (χ3v) is 3.28. The Labute approximate surface area is 107 Å². The van der Waals surface area contributed by atoms with Crippen LogP contribution in [0.1, 0.15) is 35.6 Å². The Hall–Kier alpha value is -1.74. The number of nitrogens with zero attached hydrogens (tertiary/aromatic N) is 1. The molecule has 0 bridgehead atoms. The number of pyridine rings is 1. The van der Waals surface area contributed by atoms with Crippen molar-refractivity contribution in [2.24, 2.45) is 5.73 Å². The van der Waals surface area contributed by atoms with E-state index < -0.39 is 0 Å². The molecule has 0 saturated heterocycles. The van der Waals surface area contributed by atoms with E-state index in [1.807, 2.05) is 32.0 Å². The highest BCUT2D eigenvalue weighted by molar-refractivity contribution is 5.30. The van der Waals surface area contributed by atoms with E-state index in [4.69, 9.17) is 5.73 Å². The smallest absolute Gasteiger partial charge is 0.128 e. The second-order valence-electron chi connectivity index (χ2n) is 4.62. The molecule has 2 unspecified atom stereocenters. The number of rotatable bonds is 3. The molecule has 2 rings (SSSR count). The Balaban J connectivity index is 2.31. The van der Waals surface area contributed by atoms with Gasteiger partial charge in [-0.2, -0.15) is 0 Å². The summed E-state index contributed by atoms with van der Waals surface area (Å²) in [5.74, 6) is -0.196. The van der Waals surface area contributed by atoms with Crippen LogP contribution in [0.15, 0.2) is 42.7 Å². The van der Waals surface area contributed by atoms with E-state index in [0.717, 1.165) is 11.1 Å². The maximum absolute atomic E-state index is 13.8. The first kappa shape index (κ1) is 12.7. The SMILES string of the molecule is Cc1ccc(F)c(C(N)C(C)c2ccncc2)c1. The molecular formula is C15H17FN2. The Kier molecular flexibility index (Phi) is 3.72. The van der Waals surface area contributed by atoms with Gasteiger partial charge in [0, 0.05) is 29.9 Å². The summed E-state index contributed by atoms with van der Waals surface area (Å²) in [5.41, 5.74) is 8.83. The number of hydrogen-bond acceptors (Lipinski definition) is 2. The lowest BCUT2D eigenvalue weighted by atomic mass is 9.89. The lowest BCUT2D eigenvalue weighted by Crippen LogP contribution is -2.19. The van der Waals surface area contributed by atoms with Crippen LogP contribution in [0, 0.1) is 12.7 Å². The molecule has 1 heterocycles. The Bertz CT molecular complexity index is 525. The number of nitrogens with two attached hydrogens (primary N) is 1. The van der Waals surface area contributed by atoms with Gasteiger partial charge in [0.25, 0.3) is 0 Å². The molecule has 1 aromatic carbocycles. The topological polar surface area (TPSA) is 38.9 Å². The molecule has 0 radical (unpaired) electrons. The van der Waals surface area contributed by atoms with Gasteiger partial charge in [0.2, 0.25) is 0 Å². The zero-order valence-electron chi connectivity index (χ0n) is 10.6. The monoisotopic (exact) mass is 244 g/mol. The van der Waals surface area contributed by atoms with E-state index in [1.165, 1.54) is 6.07 Å². The van der Waals surface area contributed by atoms with Gasteiger partial charge in [-0.3, -0.25) is 4.98 Å². The summed E-state index contributed by atoms with van der Waals surface area (Å²) in [6.07, 6.45) is 3.45. The minimum absolute atomic E-state index is 0.0456. The standard InChI is InChI=1S/C15H17FN2/c1-10-3-4-14(16)13(9-10)15(17)11(2)12-5-7-18-8-6-12/h3-9,11,15H,17H2,1-2H3. The second-order valence-corrected chi connectivity index (χ2v) is 4.62. The molecule has 2 aromatic rings. The number of hydrogen-bond donors (Lipinski definition) is 1. The molecule has 3 heteroatoms. The molecule has 0 aliphatic heterocycles. The predicted octanol–water partition coefficient (Wildman–Crippen LogP) is 3.33. The van der Waals surface area contributed by atoms with Crippen molar-refractivity contribution in [2.45, 2.75) is 25.8 Å². The van der Waals surface area contributed by atoms with Crippen molar-refractivity contribution in [3.8, 4) is 0 Å². The van der Waals surface area contributed by atoms with Crippen LogP contribution >= 0.6 is 0 Å². The van der Waals surface area contributed by atoms with Crippen molar-refractivity contribution in [1.82, 2.24) is 4.98 Å². The van der Waals surface area contributed by atoms with Crippen LogP contribution in [0.5, 0.6) is 0 Å². The molecule has 18 heavy (non-hydrogen) atoms. The van der Waals surface area contributed by atoms with Gasteiger partial charge < -0.3 is 5.73 Å². The van der Waals surface area contributed by atoms with Crippen molar-refractivity contribution in [1.29, 1.82) is 0 Å². The summed E-state index contributed by atoms with van der Waals surface area (Å²) in [4.78, 5) is 3.98. The molecular weight excluding hydrogens is 227 g/mol. The summed E-state index contributed by atoms with van der Waals surface area (Å²) in [6, 6.07) is 8.52. The number of aromatic nitrogens is 1. The van der Waals surface area contributed by atoms with Crippen LogP contribution in [-0.4, -0.2) is 4.98 Å². The van der Waals surface area contributed by atoms with Gasteiger partial charge in [-0.25, -0.2) is 4.39 Å². The Morgan fingerprint density at radius 2 is 1.83 bits per heavy atom. The van der Waals surface area contributed by atoms with Crippen LogP contribution in [0.25, 0.3) is 0 Å². The van der Waals surface area contributed by atoms with E-state index in [1.54, 1.807) is 18.5 Å². The van der Waals surface area contributed by atoms with Gasteiger partial charge >= 0.3 is 0 Å². The second kappa shape index (κ2) is 5.27. The zero-order chi connectivity index (χ0) is 13.1. The fourth-order valence-corrected chi connectivity index (χ4v) is 2.06. The maximum Gasteiger partial charge on any atom is 0.128 e. The van der Waals surface area contributed by atoms with Crippen molar-refractivity contribution in [3.63, 3.8) is 0 Å². The lowest BCUT2D eigenvalue weighted by Gasteiger charge is -2.21. The molecule has 0 aliphatic rings. The first-order valence-corrected chi connectivity index (χ1v) is 6.01. The zero-order valence-corrected chi connectivity index (χ0v) is 10.6. The third-order valence-electron chi connectivity index (χ3n) is 3.28. The molecule has 0 fully saturated rings. The van der Waals surface area contributed by atoms with Gasteiger partial charge in [-0.05, 0) is 30.7 Å². The van der Waals surface area contributed by atoms with Crippen LogP contribution in [0.4, 0.5) is 4.39 Å². The average molecular weight is 244 g/mol. The molecule has 1 aromatic heterocycles. The highest BCUT2D eigenvalue weighted by Crippen LogP contribution is 2.30. The molecule has 94 valence electrons. The normalized spacial score (nSPS) is 14.2. The van der Waals surface area contributed by atoms with Crippen LogP contribution in [0.2, 0.25) is 0 Å².